The van der Waals surface area contributed by atoms with Crippen molar-refractivity contribution in [3.8, 4) is 0 Å². The van der Waals surface area contributed by atoms with Crippen LogP contribution in [0.1, 0.15) is 64.4 Å². The zero-order chi connectivity index (χ0) is 23.5. The van der Waals surface area contributed by atoms with E-state index in [-0.39, 0.29) is 30.8 Å². The lowest BCUT2D eigenvalue weighted by Crippen LogP contribution is -2.71. The molecule has 1 aliphatic carbocycles. The molecule has 1 saturated carbocycles. The first-order valence-corrected chi connectivity index (χ1v) is 13.5. The fourth-order valence-corrected chi connectivity index (χ4v) is 5.99. The van der Waals surface area contributed by atoms with Crippen molar-refractivity contribution in [2.24, 2.45) is 0 Å². The molecule has 1 atom stereocenters. The summed E-state index contributed by atoms with van der Waals surface area (Å²) in [6, 6.07) is 5.24. The van der Waals surface area contributed by atoms with Gasteiger partial charge >= 0.3 is 0 Å². The maximum Gasteiger partial charge on any atom is 0.247 e. The van der Waals surface area contributed by atoms with Gasteiger partial charge < -0.3 is 5.32 Å². The lowest BCUT2D eigenvalue weighted by Gasteiger charge is -2.47. The summed E-state index contributed by atoms with van der Waals surface area (Å²) in [4.78, 5) is 28.5. The van der Waals surface area contributed by atoms with Crippen LogP contribution >= 0.6 is 11.6 Å². The number of amides is 2. The first-order valence-electron chi connectivity index (χ1n) is 11.5. The topological polar surface area (TPSA) is 86.8 Å². The van der Waals surface area contributed by atoms with Gasteiger partial charge in [0.05, 0.1) is 12.3 Å². The van der Waals surface area contributed by atoms with Crippen LogP contribution < -0.4 is 10.2 Å². The van der Waals surface area contributed by atoms with E-state index in [2.05, 4.69) is 5.32 Å². The lowest BCUT2D eigenvalue weighted by molar-refractivity contribution is -0.133. The van der Waals surface area contributed by atoms with Gasteiger partial charge in [0.15, 0.2) is 0 Å². The third kappa shape index (κ3) is 5.13. The Labute approximate surface area is 196 Å². The molecule has 3 rings (SSSR count). The van der Waals surface area contributed by atoms with E-state index in [4.69, 9.17) is 11.6 Å². The van der Waals surface area contributed by atoms with Gasteiger partial charge in [-0.2, -0.15) is 4.31 Å². The second kappa shape index (κ2) is 10.1. The third-order valence-corrected chi connectivity index (χ3v) is 8.89. The summed E-state index contributed by atoms with van der Waals surface area (Å²) in [6.45, 7) is 4.60. The standard InChI is InChI=1S/C23H34ClN3O4S/c1-4-32(30,31)26-15-21(28)27(20-14-10-13-19(24)17(20)2)23(3,16-26)22(29)25-18-11-8-6-5-7-9-12-18/h10,13-14,18H,4-9,11-12,15-16H2,1-3H3,(H,25,29)/t23-/m1/s1. The lowest BCUT2D eigenvalue weighted by atomic mass is 9.91. The highest BCUT2D eigenvalue weighted by Gasteiger charge is 2.51. The molecule has 2 fully saturated rings. The summed E-state index contributed by atoms with van der Waals surface area (Å²) >= 11 is 6.32. The molecule has 2 amide bonds. The Bertz CT molecular complexity index is 960. The summed E-state index contributed by atoms with van der Waals surface area (Å²) in [7, 11) is -3.65. The van der Waals surface area contributed by atoms with E-state index in [9.17, 15) is 18.0 Å². The molecule has 0 radical (unpaired) electrons. The van der Waals surface area contributed by atoms with Crippen molar-refractivity contribution < 1.29 is 18.0 Å². The Balaban J connectivity index is 1.99. The molecule has 1 aromatic carbocycles. The molecular formula is C23H34ClN3O4S. The molecule has 0 unspecified atom stereocenters. The van der Waals surface area contributed by atoms with Gasteiger partial charge in [0.2, 0.25) is 21.8 Å². The van der Waals surface area contributed by atoms with E-state index in [0.29, 0.717) is 16.3 Å². The number of nitrogens with zero attached hydrogens (tertiary/aromatic N) is 2. The van der Waals surface area contributed by atoms with E-state index in [1.54, 1.807) is 39.0 Å². The van der Waals surface area contributed by atoms with E-state index >= 15 is 0 Å². The normalized spacial score (nSPS) is 24.1. The highest BCUT2D eigenvalue weighted by atomic mass is 35.5. The van der Waals surface area contributed by atoms with Crippen molar-refractivity contribution in [1.29, 1.82) is 0 Å². The van der Waals surface area contributed by atoms with Gasteiger partial charge in [0.1, 0.15) is 5.54 Å². The van der Waals surface area contributed by atoms with Gasteiger partial charge in [-0.15, -0.1) is 0 Å². The van der Waals surface area contributed by atoms with Gasteiger partial charge in [0.25, 0.3) is 0 Å². The molecule has 32 heavy (non-hydrogen) atoms. The van der Waals surface area contributed by atoms with E-state index < -0.39 is 21.5 Å². The van der Waals surface area contributed by atoms with Gasteiger partial charge in [0, 0.05) is 23.3 Å². The van der Waals surface area contributed by atoms with E-state index in [0.717, 1.165) is 42.8 Å². The average molecular weight is 484 g/mol. The largest absolute Gasteiger partial charge is 0.351 e. The first-order chi connectivity index (χ1) is 15.1. The van der Waals surface area contributed by atoms with Crippen molar-refractivity contribution in [3.05, 3.63) is 28.8 Å². The highest BCUT2D eigenvalue weighted by Crippen LogP contribution is 2.35. The van der Waals surface area contributed by atoms with Crippen LogP contribution in [0.4, 0.5) is 5.69 Å². The minimum Gasteiger partial charge on any atom is -0.351 e. The zero-order valence-electron chi connectivity index (χ0n) is 19.2. The Morgan fingerprint density at radius 1 is 1.19 bits per heavy atom. The van der Waals surface area contributed by atoms with Crippen molar-refractivity contribution in [1.82, 2.24) is 9.62 Å². The Hall–Kier alpha value is -1.64. The number of hydrogen-bond acceptors (Lipinski definition) is 4. The number of anilines is 1. The fourth-order valence-electron chi connectivity index (χ4n) is 4.70. The van der Waals surface area contributed by atoms with Crippen molar-refractivity contribution in [2.45, 2.75) is 77.3 Å². The molecule has 2 aliphatic rings. The Morgan fingerprint density at radius 2 is 1.81 bits per heavy atom. The van der Waals surface area contributed by atoms with Crippen LogP contribution in [-0.2, 0) is 19.6 Å². The summed E-state index contributed by atoms with van der Waals surface area (Å²) in [5.74, 6) is -0.891. The van der Waals surface area contributed by atoms with Gasteiger partial charge in [-0.1, -0.05) is 49.8 Å². The molecular weight excluding hydrogens is 450 g/mol. The molecule has 1 aromatic rings. The fraction of sp³-hybridized carbons (Fsp3) is 0.652. The molecule has 1 saturated heterocycles. The number of carbonyl (C=O) groups is 2. The van der Waals surface area contributed by atoms with Crippen LogP contribution in [0, 0.1) is 6.92 Å². The highest BCUT2D eigenvalue weighted by molar-refractivity contribution is 7.89. The van der Waals surface area contributed by atoms with Gasteiger partial charge in [-0.05, 0) is 51.3 Å². The molecule has 0 aromatic heterocycles. The second-order valence-corrected chi connectivity index (χ2v) is 11.7. The number of nitrogens with one attached hydrogen (secondary N) is 1. The molecule has 9 heteroatoms. The average Bonchev–Trinajstić information content (AvgIpc) is 2.72. The van der Waals surface area contributed by atoms with Crippen molar-refractivity contribution >= 4 is 39.1 Å². The van der Waals surface area contributed by atoms with Crippen LogP contribution in [0.25, 0.3) is 0 Å². The Kier molecular flexibility index (Phi) is 7.89. The number of sulfonamides is 1. The quantitative estimate of drug-likeness (QED) is 0.692. The predicted octanol–water partition coefficient (Wildman–Crippen LogP) is 3.63. The third-order valence-electron chi connectivity index (χ3n) is 6.71. The second-order valence-electron chi connectivity index (χ2n) is 9.07. The number of benzene rings is 1. The van der Waals surface area contributed by atoms with Crippen molar-refractivity contribution in [2.75, 3.05) is 23.7 Å². The zero-order valence-corrected chi connectivity index (χ0v) is 20.8. The first kappa shape index (κ1) is 25.0. The molecule has 1 N–H and O–H groups in total. The minimum absolute atomic E-state index is 0.0233. The van der Waals surface area contributed by atoms with Crippen LogP contribution in [-0.4, -0.2) is 55.0 Å². The number of halogens is 1. The molecule has 1 heterocycles. The van der Waals surface area contributed by atoms with E-state index in [1.165, 1.54) is 11.3 Å². The number of piperazine rings is 1. The predicted molar refractivity (Wildman–Crippen MR) is 127 cm³/mol. The minimum atomic E-state index is -3.65. The Morgan fingerprint density at radius 3 is 2.44 bits per heavy atom. The summed E-state index contributed by atoms with van der Waals surface area (Å²) < 4.78 is 26.4. The molecule has 0 spiro atoms. The maximum atomic E-state index is 13.7. The summed E-state index contributed by atoms with van der Waals surface area (Å²) in [6.07, 6.45) is 7.41. The van der Waals surface area contributed by atoms with Crippen LogP contribution in [0.15, 0.2) is 18.2 Å². The SMILES string of the molecule is CCS(=O)(=O)N1CC(=O)N(c2cccc(Cl)c2C)[C@@](C)(C(=O)NC2CCCCCCC2)C1. The monoisotopic (exact) mass is 483 g/mol. The number of rotatable bonds is 5. The van der Waals surface area contributed by atoms with Crippen LogP contribution in [0.2, 0.25) is 5.02 Å². The number of hydrogen-bond donors (Lipinski definition) is 1. The molecule has 0 bridgehead atoms. The summed E-state index contributed by atoms with van der Waals surface area (Å²) in [5, 5.41) is 3.64. The van der Waals surface area contributed by atoms with Gasteiger partial charge in [-0.3, -0.25) is 14.5 Å². The summed E-state index contributed by atoms with van der Waals surface area (Å²) in [5.41, 5.74) is -0.180. The maximum absolute atomic E-state index is 13.7. The number of carbonyl (C=O) groups excluding carboxylic acids is 2. The smallest absolute Gasteiger partial charge is 0.247 e. The molecule has 1 aliphatic heterocycles. The van der Waals surface area contributed by atoms with E-state index in [1.807, 2.05) is 0 Å². The van der Waals surface area contributed by atoms with Crippen LogP contribution in [0.3, 0.4) is 0 Å². The molecule has 178 valence electrons. The van der Waals surface area contributed by atoms with Crippen LogP contribution in [0.5, 0.6) is 0 Å². The molecule has 7 nitrogen and oxygen atoms in total. The van der Waals surface area contributed by atoms with Crippen molar-refractivity contribution in [3.63, 3.8) is 0 Å². The van der Waals surface area contributed by atoms with Gasteiger partial charge in [-0.25, -0.2) is 8.42 Å².